The molecule has 15 heavy (non-hydrogen) atoms. The molecule has 0 radical (unpaired) electrons. The van der Waals surface area contributed by atoms with E-state index in [2.05, 4.69) is 49.9 Å². The fraction of sp³-hybridized carbons (Fsp3) is 0.364. The van der Waals surface area contributed by atoms with E-state index < -0.39 is 0 Å². The van der Waals surface area contributed by atoms with Gasteiger partial charge in [-0.05, 0) is 17.4 Å². The van der Waals surface area contributed by atoms with Gasteiger partial charge < -0.3 is 4.57 Å². The van der Waals surface area contributed by atoms with Crippen molar-refractivity contribution >= 4 is 27.3 Å². The van der Waals surface area contributed by atoms with E-state index in [4.69, 9.17) is 0 Å². The second kappa shape index (κ2) is 4.94. The van der Waals surface area contributed by atoms with Gasteiger partial charge in [-0.15, -0.1) is 11.3 Å². The van der Waals surface area contributed by atoms with Gasteiger partial charge in [-0.1, -0.05) is 28.9 Å². The van der Waals surface area contributed by atoms with E-state index in [0.717, 1.165) is 17.7 Å². The summed E-state index contributed by atoms with van der Waals surface area (Å²) in [6.07, 6.45) is 3.92. The summed E-state index contributed by atoms with van der Waals surface area (Å²) in [5.74, 6) is 1.70. The van der Waals surface area contributed by atoms with E-state index in [0.29, 0.717) is 5.92 Å². The van der Waals surface area contributed by atoms with Crippen molar-refractivity contribution in [3.05, 3.63) is 29.9 Å². The number of nitrogens with zero attached hydrogens (tertiary/aromatic N) is 2. The average molecular weight is 285 g/mol. The van der Waals surface area contributed by atoms with Crippen LogP contribution in [0.25, 0.3) is 10.7 Å². The van der Waals surface area contributed by atoms with Gasteiger partial charge >= 0.3 is 0 Å². The molecule has 2 aromatic rings. The molecule has 1 atom stereocenters. The first kappa shape index (κ1) is 10.9. The molecule has 0 aliphatic carbocycles. The standard InChI is InChI=1S/C11H13BrN2S/c1-9(7-12)8-14-5-4-13-11(14)10-3-2-6-15-10/h2-6,9H,7-8H2,1H3. The van der Waals surface area contributed by atoms with E-state index >= 15 is 0 Å². The number of hydrogen-bond donors (Lipinski definition) is 0. The maximum absolute atomic E-state index is 4.40. The zero-order valence-electron chi connectivity index (χ0n) is 8.56. The molecule has 2 nitrogen and oxygen atoms in total. The number of alkyl halides is 1. The molecule has 0 bridgehead atoms. The Kier molecular flexibility index (Phi) is 3.59. The Balaban J connectivity index is 2.23. The molecule has 0 spiro atoms. The second-order valence-electron chi connectivity index (χ2n) is 3.64. The predicted molar refractivity (Wildman–Crippen MR) is 68.5 cm³/mol. The largest absolute Gasteiger partial charge is 0.330 e. The van der Waals surface area contributed by atoms with Gasteiger partial charge in [0.1, 0.15) is 5.82 Å². The van der Waals surface area contributed by atoms with E-state index in [1.807, 2.05) is 12.4 Å². The minimum absolute atomic E-state index is 0.623. The number of imidazole rings is 1. The van der Waals surface area contributed by atoms with Gasteiger partial charge in [0, 0.05) is 24.3 Å². The number of aromatic nitrogens is 2. The molecule has 0 saturated heterocycles. The molecule has 0 amide bonds. The molecule has 0 aliphatic rings. The first-order chi connectivity index (χ1) is 7.31. The lowest BCUT2D eigenvalue weighted by molar-refractivity contribution is 0.537. The Bertz CT molecular complexity index is 408. The van der Waals surface area contributed by atoms with Crippen LogP contribution in [0.15, 0.2) is 29.9 Å². The first-order valence-electron chi connectivity index (χ1n) is 4.92. The normalized spacial score (nSPS) is 12.9. The van der Waals surface area contributed by atoms with Crippen molar-refractivity contribution in [3.8, 4) is 10.7 Å². The van der Waals surface area contributed by atoms with Crippen LogP contribution >= 0.6 is 27.3 Å². The molecule has 2 rings (SSSR count). The molecule has 1 unspecified atom stereocenters. The van der Waals surface area contributed by atoms with Gasteiger partial charge in [-0.2, -0.15) is 0 Å². The first-order valence-corrected chi connectivity index (χ1v) is 6.92. The highest BCUT2D eigenvalue weighted by Gasteiger charge is 2.08. The molecule has 0 saturated carbocycles. The zero-order chi connectivity index (χ0) is 10.7. The van der Waals surface area contributed by atoms with Crippen LogP contribution in [0.3, 0.4) is 0 Å². The monoisotopic (exact) mass is 284 g/mol. The highest BCUT2D eigenvalue weighted by atomic mass is 79.9. The molecule has 0 aliphatic heterocycles. The maximum Gasteiger partial charge on any atom is 0.149 e. The summed E-state index contributed by atoms with van der Waals surface area (Å²) in [4.78, 5) is 5.64. The third-order valence-corrected chi connectivity index (χ3v) is 4.20. The second-order valence-corrected chi connectivity index (χ2v) is 5.24. The lowest BCUT2D eigenvalue weighted by Gasteiger charge is -2.10. The summed E-state index contributed by atoms with van der Waals surface area (Å²) in [6, 6.07) is 4.18. The quantitative estimate of drug-likeness (QED) is 0.784. The SMILES string of the molecule is CC(CBr)Cn1ccnc1-c1cccs1. The van der Waals surface area contributed by atoms with Crippen LogP contribution in [0.5, 0.6) is 0 Å². The molecule has 0 N–H and O–H groups in total. The van der Waals surface area contributed by atoms with Gasteiger partial charge in [0.15, 0.2) is 0 Å². The lowest BCUT2D eigenvalue weighted by atomic mass is 10.2. The topological polar surface area (TPSA) is 17.8 Å². The molecule has 2 heterocycles. The third kappa shape index (κ3) is 2.49. The van der Waals surface area contributed by atoms with Crippen molar-refractivity contribution in [3.63, 3.8) is 0 Å². The molecule has 4 heteroatoms. The summed E-state index contributed by atoms with van der Waals surface area (Å²) in [7, 11) is 0. The fourth-order valence-corrected chi connectivity index (χ4v) is 2.41. The third-order valence-electron chi connectivity index (χ3n) is 2.23. The van der Waals surface area contributed by atoms with Crippen LogP contribution in [0, 0.1) is 5.92 Å². The summed E-state index contributed by atoms with van der Waals surface area (Å²) < 4.78 is 2.22. The fourth-order valence-electron chi connectivity index (χ4n) is 1.47. The molecular formula is C11H13BrN2S. The highest BCUT2D eigenvalue weighted by molar-refractivity contribution is 9.09. The van der Waals surface area contributed by atoms with Crippen molar-refractivity contribution in [1.29, 1.82) is 0 Å². The Morgan fingerprint density at radius 1 is 1.60 bits per heavy atom. The van der Waals surface area contributed by atoms with Gasteiger partial charge in [0.25, 0.3) is 0 Å². The summed E-state index contributed by atoms with van der Waals surface area (Å²) in [6.45, 7) is 3.24. The van der Waals surface area contributed by atoms with Crippen LogP contribution in [0.2, 0.25) is 0 Å². The van der Waals surface area contributed by atoms with Crippen molar-refractivity contribution in [2.45, 2.75) is 13.5 Å². The molecule has 0 aromatic carbocycles. The highest BCUT2D eigenvalue weighted by Crippen LogP contribution is 2.23. The zero-order valence-corrected chi connectivity index (χ0v) is 11.0. The van der Waals surface area contributed by atoms with E-state index in [1.165, 1.54) is 4.88 Å². The summed E-state index contributed by atoms with van der Waals surface area (Å²) in [5, 5.41) is 3.11. The van der Waals surface area contributed by atoms with Gasteiger partial charge in [0.05, 0.1) is 4.88 Å². The predicted octanol–water partition coefficient (Wildman–Crippen LogP) is 3.64. The average Bonchev–Trinajstić information content (AvgIpc) is 2.86. The Hall–Kier alpha value is -0.610. The number of thiophene rings is 1. The summed E-state index contributed by atoms with van der Waals surface area (Å²) >= 11 is 5.24. The van der Waals surface area contributed by atoms with Gasteiger partial charge in [0.2, 0.25) is 0 Å². The minimum Gasteiger partial charge on any atom is -0.330 e. The smallest absolute Gasteiger partial charge is 0.149 e. The summed E-state index contributed by atoms with van der Waals surface area (Å²) in [5.41, 5.74) is 0. The van der Waals surface area contributed by atoms with Crippen LogP contribution in [0.4, 0.5) is 0 Å². The molecular weight excluding hydrogens is 272 g/mol. The number of rotatable bonds is 4. The number of hydrogen-bond acceptors (Lipinski definition) is 2. The van der Waals surface area contributed by atoms with Crippen LogP contribution in [-0.4, -0.2) is 14.9 Å². The molecule has 80 valence electrons. The molecule has 0 fully saturated rings. The Morgan fingerprint density at radius 2 is 2.47 bits per heavy atom. The van der Waals surface area contributed by atoms with Crippen molar-refractivity contribution in [1.82, 2.24) is 9.55 Å². The van der Waals surface area contributed by atoms with Crippen molar-refractivity contribution < 1.29 is 0 Å². The number of halogens is 1. The van der Waals surface area contributed by atoms with Gasteiger partial charge in [-0.3, -0.25) is 0 Å². The van der Waals surface area contributed by atoms with Crippen molar-refractivity contribution in [2.24, 2.45) is 5.92 Å². The Labute approximate surface area is 102 Å². The van der Waals surface area contributed by atoms with Crippen molar-refractivity contribution in [2.75, 3.05) is 5.33 Å². The van der Waals surface area contributed by atoms with Crippen LogP contribution < -0.4 is 0 Å². The Morgan fingerprint density at radius 3 is 3.13 bits per heavy atom. The molecule has 2 aromatic heterocycles. The van der Waals surface area contributed by atoms with Crippen LogP contribution in [-0.2, 0) is 6.54 Å². The van der Waals surface area contributed by atoms with E-state index in [9.17, 15) is 0 Å². The minimum atomic E-state index is 0.623. The van der Waals surface area contributed by atoms with Gasteiger partial charge in [-0.25, -0.2) is 4.98 Å². The lowest BCUT2D eigenvalue weighted by Crippen LogP contribution is -2.08. The van der Waals surface area contributed by atoms with Crippen LogP contribution in [0.1, 0.15) is 6.92 Å². The van der Waals surface area contributed by atoms with E-state index in [-0.39, 0.29) is 0 Å². The maximum atomic E-state index is 4.40. The van der Waals surface area contributed by atoms with E-state index in [1.54, 1.807) is 11.3 Å².